The molecule has 1 aromatic rings. The Labute approximate surface area is 122 Å². The van der Waals surface area contributed by atoms with Crippen molar-refractivity contribution in [3.05, 3.63) is 33.8 Å². The maximum atomic E-state index is 13.8. The smallest absolute Gasteiger partial charge is 0.143 e. The van der Waals surface area contributed by atoms with Gasteiger partial charge in [-0.25, -0.2) is 8.78 Å². The minimum atomic E-state index is -0.743. The summed E-state index contributed by atoms with van der Waals surface area (Å²) in [6, 6.07) is 2.54. The zero-order valence-electron chi connectivity index (χ0n) is 11.8. The zero-order valence-corrected chi connectivity index (χ0v) is 13.4. The topological polar surface area (TPSA) is 20.2 Å². The SMILES string of the molecule is CC(CC(O)Cc1c(F)ccc(Br)c1F)C(C)(C)C. The number of halogens is 3. The van der Waals surface area contributed by atoms with Crippen LogP contribution >= 0.6 is 15.9 Å². The van der Waals surface area contributed by atoms with Gasteiger partial charge in [0, 0.05) is 12.0 Å². The summed E-state index contributed by atoms with van der Waals surface area (Å²) < 4.78 is 27.6. The van der Waals surface area contributed by atoms with Crippen LogP contribution in [0.5, 0.6) is 0 Å². The van der Waals surface area contributed by atoms with E-state index in [-0.39, 0.29) is 27.8 Å². The van der Waals surface area contributed by atoms with Crippen LogP contribution in [0.4, 0.5) is 8.78 Å². The molecule has 0 fully saturated rings. The Morgan fingerprint density at radius 2 is 1.84 bits per heavy atom. The molecule has 4 heteroatoms. The average molecular weight is 335 g/mol. The Morgan fingerprint density at radius 1 is 1.26 bits per heavy atom. The van der Waals surface area contributed by atoms with Gasteiger partial charge in [0.05, 0.1) is 10.6 Å². The first kappa shape index (κ1) is 16.6. The second-order valence-electron chi connectivity index (χ2n) is 6.18. The van der Waals surface area contributed by atoms with Crippen LogP contribution in [0.15, 0.2) is 16.6 Å². The second kappa shape index (κ2) is 6.31. The van der Waals surface area contributed by atoms with E-state index >= 15 is 0 Å². The zero-order chi connectivity index (χ0) is 14.8. The van der Waals surface area contributed by atoms with Crippen molar-refractivity contribution in [2.75, 3.05) is 0 Å². The number of aliphatic hydroxyl groups excluding tert-OH is 1. The molecular formula is C15H21BrF2O. The van der Waals surface area contributed by atoms with E-state index in [1.807, 2.05) is 6.92 Å². The number of rotatable bonds is 4. The fourth-order valence-electron chi connectivity index (χ4n) is 1.84. The highest BCUT2D eigenvalue weighted by atomic mass is 79.9. The number of hydrogen-bond acceptors (Lipinski definition) is 1. The number of benzene rings is 1. The molecule has 0 saturated heterocycles. The normalized spacial score (nSPS) is 15.4. The molecule has 0 aliphatic heterocycles. The van der Waals surface area contributed by atoms with Crippen molar-refractivity contribution in [2.45, 2.75) is 46.6 Å². The van der Waals surface area contributed by atoms with E-state index in [0.717, 1.165) is 0 Å². The summed E-state index contributed by atoms with van der Waals surface area (Å²) in [6.45, 7) is 8.30. The van der Waals surface area contributed by atoms with Crippen LogP contribution in [0, 0.1) is 23.0 Å². The number of aliphatic hydroxyl groups is 1. The predicted octanol–water partition coefficient (Wildman–Crippen LogP) is 4.70. The monoisotopic (exact) mass is 334 g/mol. The third kappa shape index (κ3) is 4.53. The maximum Gasteiger partial charge on any atom is 0.143 e. The molecule has 1 N–H and O–H groups in total. The van der Waals surface area contributed by atoms with Gasteiger partial charge in [0.15, 0.2) is 0 Å². The molecule has 0 amide bonds. The van der Waals surface area contributed by atoms with E-state index in [0.29, 0.717) is 6.42 Å². The van der Waals surface area contributed by atoms with E-state index in [4.69, 9.17) is 0 Å². The molecule has 19 heavy (non-hydrogen) atoms. The first-order chi connectivity index (χ1) is 8.62. The van der Waals surface area contributed by atoms with Gasteiger partial charge >= 0.3 is 0 Å². The van der Waals surface area contributed by atoms with Crippen LogP contribution in [0.2, 0.25) is 0 Å². The lowest BCUT2D eigenvalue weighted by atomic mass is 9.78. The molecule has 0 aliphatic carbocycles. The fourth-order valence-corrected chi connectivity index (χ4v) is 2.21. The van der Waals surface area contributed by atoms with Gasteiger partial charge in [-0.1, -0.05) is 27.7 Å². The van der Waals surface area contributed by atoms with Gasteiger partial charge in [-0.05, 0) is 45.8 Å². The van der Waals surface area contributed by atoms with E-state index in [1.54, 1.807) is 0 Å². The molecule has 0 bridgehead atoms. The van der Waals surface area contributed by atoms with Crippen molar-refractivity contribution < 1.29 is 13.9 Å². The molecule has 0 aromatic heterocycles. The Hall–Kier alpha value is -0.480. The minimum absolute atomic E-state index is 0.00245. The molecule has 1 nitrogen and oxygen atoms in total. The van der Waals surface area contributed by atoms with Crippen molar-refractivity contribution >= 4 is 15.9 Å². The Morgan fingerprint density at radius 3 is 2.37 bits per heavy atom. The first-order valence-corrected chi connectivity index (χ1v) is 7.22. The first-order valence-electron chi connectivity index (χ1n) is 6.43. The van der Waals surface area contributed by atoms with Gasteiger partial charge in [-0.2, -0.15) is 0 Å². The van der Waals surface area contributed by atoms with Gasteiger partial charge in [0.25, 0.3) is 0 Å². The minimum Gasteiger partial charge on any atom is -0.393 e. The van der Waals surface area contributed by atoms with Crippen LogP contribution in [-0.2, 0) is 6.42 Å². The van der Waals surface area contributed by atoms with E-state index in [1.165, 1.54) is 12.1 Å². The van der Waals surface area contributed by atoms with Gasteiger partial charge in [-0.3, -0.25) is 0 Å². The van der Waals surface area contributed by atoms with E-state index < -0.39 is 17.7 Å². The quantitative estimate of drug-likeness (QED) is 0.791. The van der Waals surface area contributed by atoms with Crippen LogP contribution in [0.3, 0.4) is 0 Å². The molecule has 0 saturated carbocycles. The maximum absolute atomic E-state index is 13.8. The summed E-state index contributed by atoms with van der Waals surface area (Å²) in [6.07, 6.45) is -0.223. The standard InChI is InChI=1S/C15H21BrF2O/c1-9(15(2,3)4)7-10(19)8-11-13(17)6-5-12(16)14(11)18/h5-6,9-10,19H,7-8H2,1-4H3. The second-order valence-corrected chi connectivity index (χ2v) is 7.04. The van der Waals surface area contributed by atoms with Crippen LogP contribution < -0.4 is 0 Å². The summed E-state index contributed by atoms with van der Waals surface area (Å²) in [5.74, 6) is -0.966. The van der Waals surface area contributed by atoms with Crippen molar-refractivity contribution in [2.24, 2.45) is 11.3 Å². The summed E-state index contributed by atoms with van der Waals surface area (Å²) >= 11 is 3.03. The van der Waals surface area contributed by atoms with E-state index in [2.05, 4.69) is 36.7 Å². The third-order valence-electron chi connectivity index (χ3n) is 3.68. The highest BCUT2D eigenvalue weighted by molar-refractivity contribution is 9.10. The van der Waals surface area contributed by atoms with Gasteiger partial charge in [0.2, 0.25) is 0 Å². The molecule has 0 aliphatic rings. The molecule has 0 spiro atoms. The highest BCUT2D eigenvalue weighted by Gasteiger charge is 2.24. The van der Waals surface area contributed by atoms with Crippen LogP contribution in [0.1, 0.15) is 39.7 Å². The summed E-state index contributed by atoms with van der Waals surface area (Å²) in [5, 5.41) is 10.0. The third-order valence-corrected chi connectivity index (χ3v) is 4.30. The van der Waals surface area contributed by atoms with Gasteiger partial charge in [-0.15, -0.1) is 0 Å². The highest BCUT2D eigenvalue weighted by Crippen LogP contribution is 2.30. The lowest BCUT2D eigenvalue weighted by Gasteiger charge is -2.29. The molecule has 108 valence electrons. The number of hydrogen-bond donors (Lipinski definition) is 1. The lowest BCUT2D eigenvalue weighted by Crippen LogP contribution is -2.24. The van der Waals surface area contributed by atoms with Crippen molar-refractivity contribution in [3.63, 3.8) is 0 Å². The van der Waals surface area contributed by atoms with Crippen molar-refractivity contribution in [3.8, 4) is 0 Å². The van der Waals surface area contributed by atoms with Crippen LogP contribution in [0.25, 0.3) is 0 Å². The Kier molecular flexibility index (Phi) is 5.51. The summed E-state index contributed by atoms with van der Waals surface area (Å²) in [4.78, 5) is 0. The molecule has 0 radical (unpaired) electrons. The van der Waals surface area contributed by atoms with Gasteiger partial charge in [0.1, 0.15) is 11.6 Å². The molecule has 1 rings (SSSR count). The van der Waals surface area contributed by atoms with Crippen molar-refractivity contribution in [1.82, 2.24) is 0 Å². The van der Waals surface area contributed by atoms with Crippen molar-refractivity contribution in [1.29, 1.82) is 0 Å². The average Bonchev–Trinajstić information content (AvgIpc) is 2.28. The molecule has 2 unspecified atom stereocenters. The molecular weight excluding hydrogens is 314 g/mol. The van der Waals surface area contributed by atoms with E-state index in [9.17, 15) is 13.9 Å². The van der Waals surface area contributed by atoms with Crippen LogP contribution in [-0.4, -0.2) is 11.2 Å². The Balaban J connectivity index is 2.78. The van der Waals surface area contributed by atoms with Gasteiger partial charge < -0.3 is 5.11 Å². The summed E-state index contributed by atoms with van der Waals surface area (Å²) in [7, 11) is 0. The Bertz CT molecular complexity index is 441. The predicted molar refractivity (Wildman–Crippen MR) is 77.0 cm³/mol. The largest absolute Gasteiger partial charge is 0.393 e. The lowest BCUT2D eigenvalue weighted by molar-refractivity contribution is 0.109. The summed E-state index contributed by atoms with van der Waals surface area (Å²) in [5.41, 5.74) is 0.0120. The molecule has 2 atom stereocenters. The molecule has 0 heterocycles. The molecule has 1 aromatic carbocycles. The fraction of sp³-hybridized carbons (Fsp3) is 0.600.